The first-order valence-electron chi connectivity index (χ1n) is 6.23. The van der Waals surface area contributed by atoms with E-state index >= 15 is 0 Å². The highest BCUT2D eigenvalue weighted by Gasteiger charge is 2.43. The van der Waals surface area contributed by atoms with Gasteiger partial charge in [0.05, 0.1) is 17.9 Å². The summed E-state index contributed by atoms with van der Waals surface area (Å²) >= 11 is 0. The third-order valence-corrected chi connectivity index (χ3v) is 4.11. The quantitative estimate of drug-likeness (QED) is 0.811. The average molecular weight is 250 g/mol. The molecule has 1 saturated heterocycles. The molecule has 18 heavy (non-hydrogen) atoms. The topological polar surface area (TPSA) is 53.4 Å². The lowest BCUT2D eigenvalue weighted by atomic mass is 10.00. The molecule has 1 aromatic heterocycles. The summed E-state index contributed by atoms with van der Waals surface area (Å²) in [5.74, 6) is -0.343. The van der Waals surface area contributed by atoms with Crippen molar-refractivity contribution in [2.45, 2.75) is 18.9 Å². The number of aliphatic hydroxyl groups is 1. The largest absolute Gasteiger partial charge is 0.393 e. The number of carbonyl (C=O) groups is 1. The van der Waals surface area contributed by atoms with Crippen molar-refractivity contribution in [3.63, 3.8) is 0 Å². The number of fused-ring (bicyclic) bond motifs is 1. The van der Waals surface area contributed by atoms with Crippen LogP contribution in [0.2, 0.25) is 0 Å². The molecule has 1 aliphatic carbocycles. The van der Waals surface area contributed by atoms with E-state index < -0.39 is 5.82 Å². The molecule has 4 nitrogen and oxygen atoms in total. The van der Waals surface area contributed by atoms with Gasteiger partial charge in [0.2, 0.25) is 0 Å². The van der Waals surface area contributed by atoms with Gasteiger partial charge in [-0.05, 0) is 24.8 Å². The van der Waals surface area contributed by atoms with Crippen LogP contribution in [0.25, 0.3) is 0 Å². The van der Waals surface area contributed by atoms with Gasteiger partial charge in [0, 0.05) is 25.2 Å². The van der Waals surface area contributed by atoms with Gasteiger partial charge in [0.25, 0.3) is 5.91 Å². The van der Waals surface area contributed by atoms with Crippen LogP contribution in [0.1, 0.15) is 23.2 Å². The summed E-state index contributed by atoms with van der Waals surface area (Å²) in [5, 5.41) is 9.80. The summed E-state index contributed by atoms with van der Waals surface area (Å²) in [5.41, 5.74) is 0.0689. The molecular weight excluding hydrogens is 235 g/mol. The van der Waals surface area contributed by atoms with Gasteiger partial charge in [-0.3, -0.25) is 9.78 Å². The maximum Gasteiger partial charge on any atom is 0.256 e. The molecule has 2 aliphatic rings. The molecule has 96 valence electrons. The fourth-order valence-electron chi connectivity index (χ4n) is 3.12. The van der Waals surface area contributed by atoms with E-state index in [2.05, 4.69) is 4.98 Å². The Kier molecular flexibility index (Phi) is 2.78. The van der Waals surface area contributed by atoms with Crippen molar-refractivity contribution < 1.29 is 14.3 Å². The molecule has 1 N–H and O–H groups in total. The van der Waals surface area contributed by atoms with Gasteiger partial charge in [0.15, 0.2) is 5.82 Å². The smallest absolute Gasteiger partial charge is 0.256 e. The van der Waals surface area contributed by atoms with E-state index in [4.69, 9.17) is 0 Å². The van der Waals surface area contributed by atoms with Gasteiger partial charge in [-0.2, -0.15) is 0 Å². The molecule has 0 bridgehead atoms. The molecule has 2 fully saturated rings. The van der Waals surface area contributed by atoms with Gasteiger partial charge in [-0.15, -0.1) is 0 Å². The second kappa shape index (κ2) is 4.31. The second-order valence-electron chi connectivity index (χ2n) is 5.13. The zero-order valence-electron chi connectivity index (χ0n) is 9.92. The highest BCUT2D eigenvalue weighted by molar-refractivity contribution is 5.94. The molecule has 0 spiro atoms. The number of likely N-dealkylation sites (tertiary alicyclic amines) is 1. The molecule has 3 atom stereocenters. The van der Waals surface area contributed by atoms with Gasteiger partial charge in [-0.1, -0.05) is 0 Å². The van der Waals surface area contributed by atoms with Crippen molar-refractivity contribution in [2.24, 2.45) is 11.8 Å². The predicted molar refractivity (Wildman–Crippen MR) is 62.3 cm³/mol. The van der Waals surface area contributed by atoms with E-state index in [9.17, 15) is 14.3 Å². The van der Waals surface area contributed by atoms with Crippen LogP contribution < -0.4 is 0 Å². The minimum Gasteiger partial charge on any atom is -0.393 e. The van der Waals surface area contributed by atoms with Crippen LogP contribution in [0.15, 0.2) is 18.5 Å². The third kappa shape index (κ3) is 1.79. The second-order valence-corrected chi connectivity index (χ2v) is 5.13. The number of carbonyl (C=O) groups excluding carboxylic acids is 1. The van der Waals surface area contributed by atoms with Crippen molar-refractivity contribution >= 4 is 5.91 Å². The Hall–Kier alpha value is -1.49. The van der Waals surface area contributed by atoms with Crippen LogP contribution in [0, 0.1) is 17.7 Å². The summed E-state index contributed by atoms with van der Waals surface area (Å²) in [4.78, 5) is 17.5. The number of aromatic nitrogens is 1. The van der Waals surface area contributed by atoms with E-state index in [-0.39, 0.29) is 23.5 Å². The molecular formula is C13H15FN2O2. The summed E-state index contributed by atoms with van der Waals surface area (Å²) < 4.78 is 13.5. The van der Waals surface area contributed by atoms with Gasteiger partial charge in [0.1, 0.15) is 0 Å². The molecule has 1 aliphatic heterocycles. The number of amides is 1. The summed E-state index contributed by atoms with van der Waals surface area (Å²) in [6.07, 6.45) is 3.94. The lowest BCUT2D eigenvalue weighted by molar-refractivity contribution is 0.0747. The zero-order chi connectivity index (χ0) is 12.7. The summed E-state index contributed by atoms with van der Waals surface area (Å²) in [6, 6.07) is 1.40. The van der Waals surface area contributed by atoms with Crippen LogP contribution in [0.5, 0.6) is 0 Å². The Balaban J connectivity index is 1.78. The number of hydrogen-bond donors (Lipinski definition) is 1. The number of hydrogen-bond acceptors (Lipinski definition) is 3. The molecule has 2 heterocycles. The Labute approximate surface area is 104 Å². The van der Waals surface area contributed by atoms with Crippen LogP contribution in [-0.4, -0.2) is 40.1 Å². The Morgan fingerprint density at radius 2 is 2.28 bits per heavy atom. The average Bonchev–Trinajstić information content (AvgIpc) is 2.92. The van der Waals surface area contributed by atoms with Crippen molar-refractivity contribution in [1.29, 1.82) is 0 Å². The van der Waals surface area contributed by atoms with E-state index in [0.29, 0.717) is 19.0 Å². The standard InChI is InChI=1S/C13H15FN2O2/c14-11-5-15-4-3-9(11)13(18)16-6-8-1-2-12(17)10(8)7-16/h3-5,8,10,12,17H,1-2,6-7H2. The SMILES string of the molecule is O=C(c1ccncc1F)N1CC2CCC(O)C2C1. The minimum atomic E-state index is -0.583. The normalized spacial score (nSPS) is 30.6. The number of nitrogens with zero attached hydrogens (tertiary/aromatic N) is 2. The molecule has 3 rings (SSSR count). The molecule has 1 amide bonds. The minimum absolute atomic E-state index is 0.0689. The predicted octanol–water partition coefficient (Wildman–Crippen LogP) is 1.06. The van der Waals surface area contributed by atoms with Gasteiger partial charge in [-0.25, -0.2) is 4.39 Å². The van der Waals surface area contributed by atoms with Crippen LogP contribution >= 0.6 is 0 Å². The van der Waals surface area contributed by atoms with Gasteiger partial charge < -0.3 is 10.0 Å². The Morgan fingerprint density at radius 1 is 1.44 bits per heavy atom. The van der Waals surface area contributed by atoms with Crippen molar-refractivity contribution in [2.75, 3.05) is 13.1 Å². The van der Waals surface area contributed by atoms with Crippen LogP contribution in [-0.2, 0) is 0 Å². The molecule has 0 radical (unpaired) electrons. The number of aliphatic hydroxyl groups excluding tert-OH is 1. The summed E-state index contributed by atoms with van der Waals surface area (Å²) in [6.45, 7) is 1.16. The number of rotatable bonds is 1. The first-order chi connectivity index (χ1) is 8.66. The number of pyridine rings is 1. The fraction of sp³-hybridized carbons (Fsp3) is 0.538. The summed E-state index contributed by atoms with van der Waals surface area (Å²) in [7, 11) is 0. The maximum atomic E-state index is 13.5. The Bertz CT molecular complexity index is 480. The Morgan fingerprint density at radius 3 is 3.00 bits per heavy atom. The monoisotopic (exact) mass is 250 g/mol. The molecule has 0 aromatic carbocycles. The van der Waals surface area contributed by atoms with E-state index in [0.717, 1.165) is 19.0 Å². The van der Waals surface area contributed by atoms with Crippen LogP contribution in [0.3, 0.4) is 0 Å². The van der Waals surface area contributed by atoms with Crippen molar-refractivity contribution in [1.82, 2.24) is 9.88 Å². The van der Waals surface area contributed by atoms with Crippen molar-refractivity contribution in [3.8, 4) is 0 Å². The lowest BCUT2D eigenvalue weighted by Gasteiger charge is -2.18. The molecule has 5 heteroatoms. The van der Waals surface area contributed by atoms with Crippen molar-refractivity contribution in [3.05, 3.63) is 29.8 Å². The maximum absolute atomic E-state index is 13.5. The number of halogens is 1. The van der Waals surface area contributed by atoms with E-state index in [1.807, 2.05) is 0 Å². The van der Waals surface area contributed by atoms with E-state index in [1.54, 1.807) is 4.90 Å². The van der Waals surface area contributed by atoms with Gasteiger partial charge >= 0.3 is 0 Å². The highest BCUT2D eigenvalue weighted by Crippen LogP contribution is 2.38. The highest BCUT2D eigenvalue weighted by atomic mass is 19.1. The third-order valence-electron chi connectivity index (χ3n) is 4.11. The zero-order valence-corrected chi connectivity index (χ0v) is 9.92. The van der Waals surface area contributed by atoms with Crippen LogP contribution in [0.4, 0.5) is 4.39 Å². The first-order valence-corrected chi connectivity index (χ1v) is 6.23. The molecule has 1 aromatic rings. The molecule has 3 unspecified atom stereocenters. The lowest BCUT2D eigenvalue weighted by Crippen LogP contribution is -2.31. The fourth-order valence-corrected chi connectivity index (χ4v) is 3.12. The first kappa shape index (κ1) is 11.6. The molecule has 1 saturated carbocycles. The van der Waals surface area contributed by atoms with E-state index in [1.165, 1.54) is 12.3 Å².